The summed E-state index contributed by atoms with van der Waals surface area (Å²) in [6, 6.07) is 42.0. The second kappa shape index (κ2) is 14.0. The van der Waals surface area contributed by atoms with Gasteiger partial charge >= 0.3 is 0 Å². The summed E-state index contributed by atoms with van der Waals surface area (Å²) in [5.74, 6) is 0.109. The molecule has 0 aliphatic carbocycles. The van der Waals surface area contributed by atoms with Gasteiger partial charge in [0.25, 0.3) is 0 Å². The molecule has 2 unspecified atom stereocenters. The Morgan fingerprint density at radius 3 is 1.69 bits per heavy atom. The lowest BCUT2D eigenvalue weighted by molar-refractivity contribution is -0.124. The average molecular weight is 555 g/mol. The lowest BCUT2D eigenvalue weighted by atomic mass is 10.2. The van der Waals surface area contributed by atoms with Gasteiger partial charge in [0, 0.05) is 31.8 Å². The van der Waals surface area contributed by atoms with Crippen LogP contribution in [0.2, 0.25) is 0 Å². The molecule has 4 aromatic rings. The van der Waals surface area contributed by atoms with Crippen molar-refractivity contribution >= 4 is 43.3 Å². The molecule has 0 saturated carbocycles. The molecule has 4 nitrogen and oxygen atoms in total. The van der Waals surface area contributed by atoms with Crippen LogP contribution in [0.5, 0.6) is 0 Å². The third kappa shape index (κ3) is 7.02. The minimum absolute atomic E-state index is 0.0594. The summed E-state index contributed by atoms with van der Waals surface area (Å²) >= 11 is 0. The predicted octanol–water partition coefficient (Wildman–Crippen LogP) is 5.46. The Labute approximate surface area is 235 Å². The molecule has 1 aliphatic rings. The molecule has 0 spiro atoms. The van der Waals surface area contributed by atoms with Gasteiger partial charge in [-0.15, -0.1) is 0 Å². The Bertz CT molecular complexity index is 1210. The van der Waals surface area contributed by atoms with Gasteiger partial charge in [-0.25, -0.2) is 0 Å². The van der Waals surface area contributed by atoms with E-state index in [0.717, 1.165) is 12.8 Å². The van der Waals surface area contributed by atoms with E-state index < -0.39 is 16.2 Å². The van der Waals surface area contributed by atoms with E-state index >= 15 is 0 Å². The molecule has 6 heteroatoms. The van der Waals surface area contributed by atoms with E-state index in [4.69, 9.17) is 4.52 Å². The number of hydrogen-bond acceptors (Lipinski definition) is 3. The van der Waals surface area contributed by atoms with E-state index in [1.54, 1.807) is 0 Å². The van der Waals surface area contributed by atoms with E-state index in [0.29, 0.717) is 19.5 Å². The number of unbranched alkanes of at least 4 members (excludes halogenated alkanes) is 1. The second-order valence-corrected chi connectivity index (χ2v) is 13.7. The van der Waals surface area contributed by atoms with Crippen LogP contribution in [0.25, 0.3) is 0 Å². The number of rotatable bonds is 11. The highest BCUT2D eigenvalue weighted by Crippen LogP contribution is 2.47. The molecule has 0 aromatic heterocycles. The summed E-state index contributed by atoms with van der Waals surface area (Å²) in [5.41, 5.74) is 0. The highest BCUT2D eigenvalue weighted by atomic mass is 31.1. The van der Waals surface area contributed by atoms with Crippen LogP contribution in [0.1, 0.15) is 26.2 Å². The van der Waals surface area contributed by atoms with E-state index in [2.05, 4.69) is 126 Å². The van der Waals surface area contributed by atoms with Gasteiger partial charge in [0.1, 0.15) is 0 Å². The molecule has 0 bridgehead atoms. The molecular formula is C33H36N2O2P2. The van der Waals surface area contributed by atoms with Crippen LogP contribution >= 0.6 is 16.2 Å². The molecule has 200 valence electrons. The van der Waals surface area contributed by atoms with Crippen molar-refractivity contribution in [1.29, 1.82) is 0 Å². The lowest BCUT2D eigenvalue weighted by Crippen LogP contribution is -2.43. The highest BCUT2D eigenvalue weighted by Gasteiger charge is 2.43. The van der Waals surface area contributed by atoms with E-state index in [1.807, 2.05) is 12.1 Å². The zero-order valence-electron chi connectivity index (χ0n) is 22.4. The molecule has 1 N–H and O–H groups in total. The standard InChI is InChI=1S/C33H36N2O2P2/c1-2-3-24-34-33(36)32-25-27(37-39(30-20-12-6-13-21-30)31-22-14-7-15-23-31)26-35(32)38(28-16-8-4-9-17-28)29-18-10-5-11-19-29/h4-23,27,32H,2-3,24-26H2,1H3,(H,34,36). The minimum Gasteiger partial charge on any atom is -0.355 e. The van der Waals surface area contributed by atoms with Crippen LogP contribution in [0.3, 0.4) is 0 Å². The number of nitrogens with one attached hydrogen (secondary N) is 1. The Morgan fingerprint density at radius 2 is 1.23 bits per heavy atom. The van der Waals surface area contributed by atoms with Crippen molar-refractivity contribution < 1.29 is 9.32 Å². The van der Waals surface area contributed by atoms with Crippen molar-refractivity contribution in [2.24, 2.45) is 0 Å². The smallest absolute Gasteiger partial charge is 0.237 e. The summed E-state index contributed by atoms with van der Waals surface area (Å²) in [5, 5.41) is 8.11. The van der Waals surface area contributed by atoms with Crippen molar-refractivity contribution in [3.63, 3.8) is 0 Å². The molecular weight excluding hydrogens is 518 g/mol. The monoisotopic (exact) mass is 554 g/mol. The van der Waals surface area contributed by atoms with Crippen molar-refractivity contribution in [2.75, 3.05) is 13.1 Å². The first-order chi connectivity index (χ1) is 19.2. The maximum Gasteiger partial charge on any atom is 0.237 e. The van der Waals surface area contributed by atoms with Crippen molar-refractivity contribution in [2.45, 2.75) is 38.3 Å². The normalized spacial score (nSPS) is 17.5. The number of carbonyl (C=O) groups is 1. The first-order valence-electron chi connectivity index (χ1n) is 13.8. The summed E-state index contributed by atoms with van der Waals surface area (Å²) in [4.78, 5) is 13.7. The summed E-state index contributed by atoms with van der Waals surface area (Å²) < 4.78 is 9.42. The van der Waals surface area contributed by atoms with E-state index in [1.165, 1.54) is 21.2 Å². The number of benzene rings is 4. The fraction of sp³-hybridized carbons (Fsp3) is 0.242. The first-order valence-corrected chi connectivity index (χ1v) is 16.3. The third-order valence-electron chi connectivity index (χ3n) is 6.86. The summed E-state index contributed by atoms with van der Waals surface area (Å²) in [7, 11) is -1.91. The van der Waals surface area contributed by atoms with Gasteiger partial charge in [-0.05, 0) is 23.5 Å². The number of hydrogen-bond donors (Lipinski definition) is 1. The van der Waals surface area contributed by atoms with Crippen LogP contribution in [-0.4, -0.2) is 35.8 Å². The van der Waals surface area contributed by atoms with Gasteiger partial charge in [-0.2, -0.15) is 0 Å². The number of amides is 1. The molecule has 1 saturated heterocycles. The van der Waals surface area contributed by atoms with Gasteiger partial charge in [-0.3, -0.25) is 9.46 Å². The van der Waals surface area contributed by atoms with Crippen LogP contribution in [0, 0.1) is 0 Å². The minimum atomic E-state index is -1.01. The zero-order valence-corrected chi connectivity index (χ0v) is 24.2. The Hall–Kier alpha value is -2.87. The summed E-state index contributed by atoms with van der Waals surface area (Å²) in [6.45, 7) is 3.57. The maximum absolute atomic E-state index is 13.7. The molecule has 0 radical (unpaired) electrons. The molecule has 39 heavy (non-hydrogen) atoms. The predicted molar refractivity (Wildman–Crippen MR) is 166 cm³/mol. The molecule has 1 fully saturated rings. The van der Waals surface area contributed by atoms with Gasteiger partial charge in [0.05, 0.1) is 20.3 Å². The first kappa shape index (κ1) is 27.7. The third-order valence-corrected chi connectivity index (χ3v) is 11.4. The molecule has 1 amide bonds. The molecule has 1 heterocycles. The highest BCUT2D eigenvalue weighted by molar-refractivity contribution is 7.71. The summed E-state index contributed by atoms with van der Waals surface area (Å²) in [6.07, 6.45) is 2.66. The van der Waals surface area contributed by atoms with Crippen LogP contribution in [0.4, 0.5) is 0 Å². The Morgan fingerprint density at radius 1 is 0.769 bits per heavy atom. The second-order valence-electron chi connectivity index (χ2n) is 9.69. The van der Waals surface area contributed by atoms with Gasteiger partial charge in [0.15, 0.2) is 0 Å². The largest absolute Gasteiger partial charge is 0.355 e. The van der Waals surface area contributed by atoms with Gasteiger partial charge in [0.2, 0.25) is 5.91 Å². The number of nitrogens with zero attached hydrogens (tertiary/aromatic N) is 1. The Kier molecular flexibility index (Phi) is 9.92. The van der Waals surface area contributed by atoms with Crippen LogP contribution in [0.15, 0.2) is 121 Å². The Balaban J connectivity index is 1.48. The topological polar surface area (TPSA) is 41.6 Å². The van der Waals surface area contributed by atoms with Crippen LogP contribution in [-0.2, 0) is 9.32 Å². The lowest BCUT2D eigenvalue weighted by Gasteiger charge is -2.33. The van der Waals surface area contributed by atoms with E-state index in [9.17, 15) is 4.79 Å². The average Bonchev–Trinajstić information content (AvgIpc) is 3.41. The fourth-order valence-electron chi connectivity index (χ4n) is 4.96. The molecule has 5 rings (SSSR count). The van der Waals surface area contributed by atoms with Gasteiger partial charge in [-0.1, -0.05) is 135 Å². The molecule has 1 aliphatic heterocycles. The van der Waals surface area contributed by atoms with Crippen molar-refractivity contribution in [3.8, 4) is 0 Å². The maximum atomic E-state index is 13.7. The molecule has 4 aromatic carbocycles. The van der Waals surface area contributed by atoms with Gasteiger partial charge < -0.3 is 9.84 Å². The zero-order chi connectivity index (χ0) is 26.9. The van der Waals surface area contributed by atoms with Crippen molar-refractivity contribution in [1.82, 2.24) is 9.99 Å². The molecule has 2 atom stereocenters. The van der Waals surface area contributed by atoms with E-state index in [-0.39, 0.29) is 18.1 Å². The van der Waals surface area contributed by atoms with Crippen LogP contribution < -0.4 is 26.5 Å². The number of carbonyl (C=O) groups excluding carboxylic acids is 1. The quantitative estimate of drug-likeness (QED) is 0.198. The fourth-order valence-corrected chi connectivity index (χ4v) is 9.46. The van der Waals surface area contributed by atoms with Crippen molar-refractivity contribution in [3.05, 3.63) is 121 Å². The SMILES string of the molecule is CCCCNC(=O)C1CC(OP(c2ccccc2)c2ccccc2)CN1P(c1ccccc1)c1ccccc1.